The van der Waals surface area contributed by atoms with Crippen LogP contribution in [0.2, 0.25) is 0 Å². The largest absolute Gasteiger partial charge is 0.397 e. The van der Waals surface area contributed by atoms with E-state index in [4.69, 9.17) is 11.5 Å². The number of nitriles is 1. The van der Waals surface area contributed by atoms with E-state index in [1.165, 1.54) is 0 Å². The molecule has 5 rings (SSSR count). The lowest BCUT2D eigenvalue weighted by Gasteiger charge is -2.15. The number of hydrogen-bond donors (Lipinski definition) is 2. The third-order valence-electron chi connectivity index (χ3n) is 4.84. The van der Waals surface area contributed by atoms with E-state index in [9.17, 15) is 5.26 Å². The molecule has 0 bridgehead atoms. The van der Waals surface area contributed by atoms with E-state index in [0.29, 0.717) is 28.4 Å². The molecule has 0 radical (unpaired) electrons. The van der Waals surface area contributed by atoms with Gasteiger partial charge in [-0.15, -0.1) is 0 Å². The van der Waals surface area contributed by atoms with Crippen molar-refractivity contribution in [2.24, 2.45) is 0 Å². The normalized spacial score (nSPS) is 11.0. The van der Waals surface area contributed by atoms with E-state index in [1.807, 2.05) is 47.0 Å². The summed E-state index contributed by atoms with van der Waals surface area (Å²) in [4.78, 5) is 13.3. The fraction of sp³-hybridized carbons (Fsp3) is 0. The summed E-state index contributed by atoms with van der Waals surface area (Å²) in [6.45, 7) is 0. The Kier molecular flexibility index (Phi) is 3.64. The molecule has 0 spiro atoms. The summed E-state index contributed by atoms with van der Waals surface area (Å²) in [5, 5.41) is 10.2. The van der Waals surface area contributed by atoms with Crippen LogP contribution in [0.1, 0.15) is 5.56 Å². The van der Waals surface area contributed by atoms with Crippen LogP contribution in [0.4, 0.5) is 11.5 Å². The molecule has 0 unspecified atom stereocenters. The number of nitrogens with two attached hydrogens (primary N) is 2. The molecule has 0 atom stereocenters. The fourth-order valence-corrected chi connectivity index (χ4v) is 3.58. The third-order valence-corrected chi connectivity index (χ3v) is 4.84. The average Bonchev–Trinajstić information content (AvgIpc) is 3.24. The van der Waals surface area contributed by atoms with E-state index in [0.717, 1.165) is 27.7 Å². The van der Waals surface area contributed by atoms with Crippen LogP contribution in [0.25, 0.3) is 39.1 Å². The van der Waals surface area contributed by atoms with E-state index in [-0.39, 0.29) is 0 Å². The van der Waals surface area contributed by atoms with Gasteiger partial charge in [-0.2, -0.15) is 5.26 Å². The van der Waals surface area contributed by atoms with Crippen molar-refractivity contribution in [3.63, 3.8) is 0 Å². The molecule has 0 fully saturated rings. The monoisotopic (exact) mass is 377 g/mol. The lowest BCUT2D eigenvalue weighted by atomic mass is 10.00. The van der Waals surface area contributed by atoms with Gasteiger partial charge in [-0.1, -0.05) is 18.2 Å². The second-order valence-corrected chi connectivity index (χ2v) is 6.65. The Hall–Kier alpha value is -4.44. The number of pyridine rings is 1. The van der Waals surface area contributed by atoms with E-state index < -0.39 is 0 Å². The first-order valence-corrected chi connectivity index (χ1v) is 8.93. The summed E-state index contributed by atoms with van der Waals surface area (Å²) in [6.07, 6.45) is 5.23. The molecule has 5 aromatic rings. The summed E-state index contributed by atoms with van der Waals surface area (Å²) in [7, 11) is 0. The second-order valence-electron chi connectivity index (χ2n) is 6.65. The third kappa shape index (κ3) is 2.63. The number of rotatable bonds is 2. The Morgan fingerprint density at radius 3 is 2.69 bits per heavy atom. The van der Waals surface area contributed by atoms with Crippen LogP contribution in [0, 0.1) is 11.3 Å². The smallest absolute Gasteiger partial charge is 0.180 e. The van der Waals surface area contributed by atoms with Gasteiger partial charge >= 0.3 is 0 Å². The number of anilines is 2. The number of aromatic nitrogens is 4. The average molecular weight is 377 g/mol. The first kappa shape index (κ1) is 16.7. The van der Waals surface area contributed by atoms with Crippen LogP contribution in [-0.2, 0) is 0 Å². The molecule has 7 heteroatoms. The van der Waals surface area contributed by atoms with E-state index >= 15 is 0 Å². The zero-order valence-electron chi connectivity index (χ0n) is 15.2. The summed E-state index contributed by atoms with van der Waals surface area (Å²) < 4.78 is 1.90. The molecule has 0 saturated carbocycles. The highest BCUT2D eigenvalue weighted by molar-refractivity contribution is 5.95. The molecule has 0 aliphatic heterocycles. The maximum absolute atomic E-state index is 9.31. The molecule has 138 valence electrons. The molecular formula is C22H15N7. The SMILES string of the molecule is N#Cc1cccc(-c2nc(N)c3nccn3c2-c2cc(N)c3ncccc3c2)c1. The standard InChI is InChI=1S/C22H15N7/c23-12-13-3-1-4-14(9-13)19-20(29-8-7-27-22(29)21(25)28-19)16-10-15-5-2-6-26-18(15)17(24)11-16/h1-11H,24H2,(H2,25,28). The van der Waals surface area contributed by atoms with Gasteiger partial charge in [0.1, 0.15) is 0 Å². The van der Waals surface area contributed by atoms with Crippen molar-refractivity contribution in [3.8, 4) is 28.6 Å². The minimum Gasteiger partial charge on any atom is -0.397 e. The lowest BCUT2D eigenvalue weighted by Crippen LogP contribution is -2.04. The first-order valence-electron chi connectivity index (χ1n) is 8.93. The summed E-state index contributed by atoms with van der Waals surface area (Å²) >= 11 is 0. The van der Waals surface area contributed by atoms with Crippen molar-refractivity contribution in [1.82, 2.24) is 19.4 Å². The zero-order valence-corrected chi connectivity index (χ0v) is 15.2. The number of fused-ring (bicyclic) bond motifs is 2. The first-order chi connectivity index (χ1) is 14.2. The molecular weight excluding hydrogens is 362 g/mol. The number of imidazole rings is 1. The maximum atomic E-state index is 9.31. The summed E-state index contributed by atoms with van der Waals surface area (Å²) in [5.41, 5.74) is 18.0. The van der Waals surface area contributed by atoms with Gasteiger partial charge in [0.15, 0.2) is 11.5 Å². The molecule has 3 heterocycles. The van der Waals surface area contributed by atoms with Crippen molar-refractivity contribution < 1.29 is 0 Å². The topological polar surface area (TPSA) is 119 Å². The van der Waals surface area contributed by atoms with Gasteiger partial charge in [0, 0.05) is 35.1 Å². The Bertz CT molecular complexity index is 1440. The molecule has 0 saturated heterocycles. The highest BCUT2D eigenvalue weighted by Gasteiger charge is 2.18. The van der Waals surface area contributed by atoms with Crippen molar-refractivity contribution in [2.45, 2.75) is 0 Å². The molecule has 7 nitrogen and oxygen atoms in total. The Labute approximate surface area is 165 Å². The molecule has 29 heavy (non-hydrogen) atoms. The minimum absolute atomic E-state index is 0.312. The highest BCUT2D eigenvalue weighted by atomic mass is 15.1. The van der Waals surface area contributed by atoms with Gasteiger partial charge < -0.3 is 11.5 Å². The van der Waals surface area contributed by atoms with Gasteiger partial charge in [0.05, 0.1) is 34.2 Å². The number of nitrogens with zero attached hydrogens (tertiary/aromatic N) is 5. The van der Waals surface area contributed by atoms with Gasteiger partial charge in [-0.25, -0.2) is 9.97 Å². The van der Waals surface area contributed by atoms with Crippen molar-refractivity contribution in [3.05, 3.63) is 72.7 Å². The van der Waals surface area contributed by atoms with Crippen molar-refractivity contribution in [1.29, 1.82) is 5.26 Å². The lowest BCUT2D eigenvalue weighted by molar-refractivity contribution is 1.14. The molecule has 2 aromatic carbocycles. The number of benzene rings is 2. The minimum atomic E-state index is 0.312. The van der Waals surface area contributed by atoms with Crippen LogP contribution in [0.15, 0.2) is 67.1 Å². The summed E-state index contributed by atoms with van der Waals surface area (Å²) in [6, 6.07) is 17.2. The predicted octanol–water partition coefficient (Wildman–Crippen LogP) is 3.65. The van der Waals surface area contributed by atoms with Gasteiger partial charge in [0.25, 0.3) is 0 Å². The van der Waals surface area contributed by atoms with E-state index in [2.05, 4.69) is 21.0 Å². The quantitative estimate of drug-likeness (QED) is 0.453. The van der Waals surface area contributed by atoms with Crippen molar-refractivity contribution >= 4 is 28.1 Å². The maximum Gasteiger partial charge on any atom is 0.180 e. The van der Waals surface area contributed by atoms with Crippen LogP contribution in [-0.4, -0.2) is 19.4 Å². The second kappa shape index (κ2) is 6.32. The Morgan fingerprint density at radius 1 is 0.931 bits per heavy atom. The van der Waals surface area contributed by atoms with Crippen LogP contribution < -0.4 is 11.5 Å². The van der Waals surface area contributed by atoms with Crippen molar-refractivity contribution in [2.75, 3.05) is 11.5 Å². The molecule has 0 aliphatic carbocycles. The van der Waals surface area contributed by atoms with E-state index in [1.54, 1.807) is 24.5 Å². The predicted molar refractivity (Wildman–Crippen MR) is 113 cm³/mol. The van der Waals surface area contributed by atoms with Gasteiger partial charge in [-0.3, -0.25) is 9.38 Å². The van der Waals surface area contributed by atoms with Crippen LogP contribution in [0.3, 0.4) is 0 Å². The highest BCUT2D eigenvalue weighted by Crippen LogP contribution is 2.36. The number of hydrogen-bond acceptors (Lipinski definition) is 6. The molecule has 0 aliphatic rings. The van der Waals surface area contributed by atoms with Crippen LogP contribution in [0.5, 0.6) is 0 Å². The molecule has 4 N–H and O–H groups in total. The zero-order chi connectivity index (χ0) is 20.0. The molecule has 3 aromatic heterocycles. The molecule has 0 amide bonds. The Balaban J connectivity index is 1.89. The number of nitrogen functional groups attached to an aromatic ring is 2. The van der Waals surface area contributed by atoms with Crippen LogP contribution >= 0.6 is 0 Å². The van der Waals surface area contributed by atoms with Gasteiger partial charge in [-0.05, 0) is 30.3 Å². The Morgan fingerprint density at radius 2 is 1.83 bits per heavy atom. The fourth-order valence-electron chi connectivity index (χ4n) is 3.58. The van der Waals surface area contributed by atoms with Gasteiger partial charge in [0.2, 0.25) is 0 Å². The summed E-state index contributed by atoms with van der Waals surface area (Å²) in [5.74, 6) is 0.312.